The van der Waals surface area contributed by atoms with Gasteiger partial charge in [0.2, 0.25) is 0 Å². The number of methoxy groups -OCH3 is 1. The molecule has 0 aliphatic rings. The lowest BCUT2D eigenvalue weighted by Crippen LogP contribution is -2.08. The van der Waals surface area contributed by atoms with Crippen molar-refractivity contribution >= 4 is 23.2 Å². The van der Waals surface area contributed by atoms with Crippen molar-refractivity contribution in [2.75, 3.05) is 7.11 Å². The van der Waals surface area contributed by atoms with Crippen LogP contribution in [0.15, 0.2) is 97.2 Å². The molecule has 0 saturated heterocycles. The molecule has 4 aromatic carbocycles. The number of aldehydes is 1. The number of hydrogen-bond acceptors (Lipinski definition) is 5. The highest BCUT2D eigenvalue weighted by molar-refractivity contribution is 6.08. The van der Waals surface area contributed by atoms with E-state index in [2.05, 4.69) is 0 Å². The van der Waals surface area contributed by atoms with Crippen molar-refractivity contribution in [1.29, 1.82) is 0 Å². The van der Waals surface area contributed by atoms with Crippen LogP contribution in [0.4, 0.5) is 4.39 Å². The molecule has 1 aromatic heterocycles. The highest BCUT2D eigenvalue weighted by Gasteiger charge is 2.23. The van der Waals surface area contributed by atoms with Crippen molar-refractivity contribution in [1.82, 2.24) is 4.98 Å². The van der Waals surface area contributed by atoms with Gasteiger partial charge in [-0.3, -0.25) is 9.78 Å². The molecular formula is C32H24FNO4. The molecule has 0 bridgehead atoms. The van der Waals surface area contributed by atoms with E-state index in [-0.39, 0.29) is 18.0 Å². The minimum atomic E-state index is -0.572. The molecule has 5 rings (SSSR count). The fraction of sp³-hybridized carbons (Fsp3) is 0.0938. The smallest absolute Gasteiger partial charge is 0.341 e. The molecule has 0 radical (unpaired) electrons. The maximum atomic E-state index is 13.4. The Kier molecular flexibility index (Phi) is 7.22. The summed E-state index contributed by atoms with van der Waals surface area (Å²) in [4.78, 5) is 29.6. The van der Waals surface area contributed by atoms with Crippen molar-refractivity contribution in [2.24, 2.45) is 0 Å². The average molecular weight is 506 g/mol. The monoisotopic (exact) mass is 505 g/mol. The largest absolute Gasteiger partial charge is 0.486 e. The third-order valence-electron chi connectivity index (χ3n) is 6.31. The van der Waals surface area contributed by atoms with Crippen molar-refractivity contribution < 1.29 is 23.5 Å². The summed E-state index contributed by atoms with van der Waals surface area (Å²) in [6.45, 7) is 0.225. The van der Waals surface area contributed by atoms with E-state index < -0.39 is 5.97 Å². The molecule has 0 saturated carbocycles. The first kappa shape index (κ1) is 24.8. The third kappa shape index (κ3) is 5.15. The van der Waals surface area contributed by atoms with Gasteiger partial charge in [-0.25, -0.2) is 9.18 Å². The summed E-state index contributed by atoms with van der Waals surface area (Å²) in [7, 11) is 1.31. The summed E-state index contributed by atoms with van der Waals surface area (Å²) < 4.78 is 24.7. The Balaban J connectivity index is 1.71. The third-order valence-corrected chi connectivity index (χ3v) is 6.31. The molecule has 0 amide bonds. The van der Waals surface area contributed by atoms with Crippen molar-refractivity contribution in [3.8, 4) is 16.9 Å². The first-order valence-corrected chi connectivity index (χ1v) is 12.1. The lowest BCUT2D eigenvalue weighted by atomic mass is 9.92. The number of pyridine rings is 1. The normalized spacial score (nSPS) is 10.8. The Labute approximate surface area is 219 Å². The Bertz CT molecular complexity index is 1620. The number of hydrogen-bond donors (Lipinski definition) is 0. The molecule has 1 heterocycles. The van der Waals surface area contributed by atoms with Crippen LogP contribution in [0.1, 0.15) is 37.4 Å². The zero-order valence-electron chi connectivity index (χ0n) is 20.7. The van der Waals surface area contributed by atoms with Gasteiger partial charge in [-0.1, -0.05) is 66.7 Å². The van der Waals surface area contributed by atoms with Crippen LogP contribution < -0.4 is 4.74 Å². The second kappa shape index (κ2) is 11.0. The summed E-state index contributed by atoms with van der Waals surface area (Å²) in [5, 5.41) is 0.717. The summed E-state index contributed by atoms with van der Waals surface area (Å²) in [5.74, 6) is -0.568. The van der Waals surface area contributed by atoms with Gasteiger partial charge < -0.3 is 9.47 Å². The van der Waals surface area contributed by atoms with E-state index in [9.17, 15) is 14.0 Å². The number of carbonyl (C=O) groups excluding carboxylic acids is 2. The Morgan fingerprint density at radius 1 is 0.868 bits per heavy atom. The Hall–Kier alpha value is -4.84. The van der Waals surface area contributed by atoms with Gasteiger partial charge in [-0.2, -0.15) is 0 Å². The summed E-state index contributed by atoms with van der Waals surface area (Å²) in [6, 6.07) is 26.8. The number of halogens is 1. The molecule has 5 nitrogen and oxygen atoms in total. The summed E-state index contributed by atoms with van der Waals surface area (Å²) in [5.41, 5.74) is 5.22. The van der Waals surface area contributed by atoms with Crippen LogP contribution >= 0.6 is 0 Å². The van der Waals surface area contributed by atoms with E-state index in [1.165, 1.54) is 19.2 Å². The van der Waals surface area contributed by atoms with E-state index in [0.29, 0.717) is 34.4 Å². The highest BCUT2D eigenvalue weighted by atomic mass is 19.1. The quantitative estimate of drug-likeness (QED) is 0.171. The molecule has 5 aromatic rings. The molecule has 0 atom stereocenters. The van der Waals surface area contributed by atoms with Crippen LogP contribution in [0.2, 0.25) is 0 Å². The van der Waals surface area contributed by atoms with Gasteiger partial charge in [0.1, 0.15) is 23.5 Å². The predicted octanol–water partition coefficient (Wildman–Crippen LogP) is 6.81. The van der Waals surface area contributed by atoms with Crippen LogP contribution in [0, 0.1) is 5.82 Å². The number of esters is 1. The van der Waals surface area contributed by atoms with Gasteiger partial charge in [-0.05, 0) is 58.5 Å². The minimum absolute atomic E-state index is 0.213. The SMILES string of the molecule is COC(=O)c1cc(-c2ccccc2C=O)c2cc(Cc3ccc(F)cc3)cnc2c1OCc1ccccc1. The number of rotatable bonds is 8. The fourth-order valence-corrected chi connectivity index (χ4v) is 4.45. The van der Waals surface area contributed by atoms with Gasteiger partial charge in [0, 0.05) is 17.1 Å². The number of benzene rings is 4. The van der Waals surface area contributed by atoms with Crippen LogP contribution in [-0.2, 0) is 17.8 Å². The molecule has 0 fully saturated rings. The van der Waals surface area contributed by atoms with E-state index >= 15 is 0 Å². The summed E-state index contributed by atoms with van der Waals surface area (Å²) in [6.07, 6.45) is 3.03. The molecule has 0 N–H and O–H groups in total. The van der Waals surface area contributed by atoms with Crippen LogP contribution in [-0.4, -0.2) is 24.3 Å². The fourth-order valence-electron chi connectivity index (χ4n) is 4.45. The Morgan fingerprint density at radius 2 is 1.61 bits per heavy atom. The number of aromatic nitrogens is 1. The molecule has 188 valence electrons. The zero-order valence-corrected chi connectivity index (χ0v) is 20.7. The predicted molar refractivity (Wildman–Crippen MR) is 144 cm³/mol. The molecule has 0 aliphatic heterocycles. The minimum Gasteiger partial charge on any atom is -0.486 e. The number of carbonyl (C=O) groups is 2. The molecular weight excluding hydrogens is 481 g/mol. The van der Waals surface area contributed by atoms with E-state index in [1.807, 2.05) is 48.5 Å². The molecule has 0 unspecified atom stereocenters. The second-order valence-electron chi connectivity index (χ2n) is 8.81. The zero-order chi connectivity index (χ0) is 26.5. The second-order valence-corrected chi connectivity index (χ2v) is 8.81. The van der Waals surface area contributed by atoms with Gasteiger partial charge in [0.05, 0.1) is 7.11 Å². The number of fused-ring (bicyclic) bond motifs is 1. The number of nitrogens with zero attached hydrogens (tertiary/aromatic N) is 1. The van der Waals surface area contributed by atoms with Crippen LogP contribution in [0.3, 0.4) is 0 Å². The molecule has 6 heteroatoms. The standard InChI is InChI=1S/C32H24FNO4/c1-37-32(36)29-17-27(26-10-6-5-9-24(26)19-35)28-16-23(15-21-11-13-25(33)14-12-21)18-34-30(28)31(29)38-20-22-7-3-2-4-8-22/h2-14,16-19H,15,20H2,1H3. The Morgan fingerprint density at radius 3 is 2.34 bits per heavy atom. The van der Waals surface area contributed by atoms with Crippen molar-refractivity contribution in [3.63, 3.8) is 0 Å². The van der Waals surface area contributed by atoms with Crippen LogP contribution in [0.25, 0.3) is 22.0 Å². The number of ether oxygens (including phenoxy) is 2. The van der Waals surface area contributed by atoms with E-state index in [0.717, 1.165) is 28.4 Å². The van der Waals surface area contributed by atoms with Gasteiger partial charge >= 0.3 is 5.97 Å². The van der Waals surface area contributed by atoms with Crippen molar-refractivity contribution in [2.45, 2.75) is 13.0 Å². The first-order valence-electron chi connectivity index (χ1n) is 12.1. The lowest BCUT2D eigenvalue weighted by Gasteiger charge is -2.17. The lowest BCUT2D eigenvalue weighted by molar-refractivity contribution is 0.0596. The van der Waals surface area contributed by atoms with E-state index in [4.69, 9.17) is 14.5 Å². The highest BCUT2D eigenvalue weighted by Crippen LogP contribution is 2.39. The average Bonchev–Trinajstić information content (AvgIpc) is 2.97. The first-order chi connectivity index (χ1) is 18.6. The van der Waals surface area contributed by atoms with E-state index in [1.54, 1.807) is 36.5 Å². The molecule has 0 aliphatic carbocycles. The maximum Gasteiger partial charge on any atom is 0.341 e. The van der Waals surface area contributed by atoms with Gasteiger partial charge in [0.15, 0.2) is 12.0 Å². The molecule has 38 heavy (non-hydrogen) atoms. The maximum absolute atomic E-state index is 13.4. The van der Waals surface area contributed by atoms with Gasteiger partial charge in [0.25, 0.3) is 0 Å². The van der Waals surface area contributed by atoms with Crippen molar-refractivity contribution in [3.05, 3.63) is 131 Å². The van der Waals surface area contributed by atoms with Crippen LogP contribution in [0.5, 0.6) is 5.75 Å². The molecule has 0 spiro atoms. The topological polar surface area (TPSA) is 65.5 Å². The summed E-state index contributed by atoms with van der Waals surface area (Å²) >= 11 is 0. The van der Waals surface area contributed by atoms with Gasteiger partial charge in [-0.15, -0.1) is 0 Å².